The first kappa shape index (κ1) is 10.5. The molecule has 0 aliphatic heterocycles. The third kappa shape index (κ3) is 4.82. The number of carbonyl (C=O) groups excluding carboxylic acids is 1. The maximum absolute atomic E-state index is 10.4. The predicted octanol–water partition coefficient (Wildman–Crippen LogP) is 2.41. The average molecular weight is 157 g/mol. The highest BCUT2D eigenvalue weighted by atomic mass is 16.4. The summed E-state index contributed by atoms with van der Waals surface area (Å²) in [6.45, 7) is 6.09. The lowest BCUT2D eigenvalue weighted by Crippen LogP contribution is -2.11. The summed E-state index contributed by atoms with van der Waals surface area (Å²) in [6, 6.07) is 0. The van der Waals surface area contributed by atoms with Crippen LogP contribution in [0.15, 0.2) is 0 Å². The van der Waals surface area contributed by atoms with Gasteiger partial charge >= 0.3 is 5.97 Å². The maximum Gasteiger partial charge on any atom is 0.358 e. The average Bonchev–Trinajstić information content (AvgIpc) is 1.87. The van der Waals surface area contributed by atoms with Crippen LogP contribution in [0.4, 0.5) is 0 Å². The zero-order valence-corrected chi connectivity index (χ0v) is 7.59. The quantitative estimate of drug-likeness (QED) is 0.603. The van der Waals surface area contributed by atoms with Gasteiger partial charge in [0, 0.05) is 0 Å². The van der Waals surface area contributed by atoms with Crippen molar-refractivity contribution in [1.29, 1.82) is 0 Å². The first-order chi connectivity index (χ1) is 5.07. The van der Waals surface area contributed by atoms with E-state index < -0.39 is 5.97 Å². The number of rotatable bonds is 5. The van der Waals surface area contributed by atoms with E-state index in [-0.39, 0.29) is 5.92 Å². The van der Waals surface area contributed by atoms with Gasteiger partial charge in [0.15, 0.2) is 0 Å². The van der Waals surface area contributed by atoms with Crippen molar-refractivity contribution in [1.82, 2.24) is 0 Å². The van der Waals surface area contributed by atoms with E-state index in [1.54, 1.807) is 0 Å². The lowest BCUT2D eigenvalue weighted by molar-refractivity contribution is -0.148. The molecule has 0 saturated carbocycles. The molecule has 0 rings (SSSR count). The van der Waals surface area contributed by atoms with Crippen LogP contribution in [-0.2, 0) is 9.90 Å². The van der Waals surface area contributed by atoms with E-state index in [1.807, 2.05) is 6.92 Å². The molecule has 11 heavy (non-hydrogen) atoms. The van der Waals surface area contributed by atoms with Crippen LogP contribution in [0, 0.1) is 11.8 Å². The van der Waals surface area contributed by atoms with Crippen molar-refractivity contribution in [3.63, 3.8) is 0 Å². The van der Waals surface area contributed by atoms with Crippen molar-refractivity contribution in [3.05, 3.63) is 0 Å². The Bertz CT molecular complexity index is 119. The maximum atomic E-state index is 10.4. The van der Waals surface area contributed by atoms with E-state index >= 15 is 0 Å². The molecule has 1 atom stereocenters. The summed E-state index contributed by atoms with van der Waals surface area (Å²) in [5.74, 6) is -0.547. The van der Waals surface area contributed by atoms with Crippen LogP contribution in [-0.4, -0.2) is 5.97 Å². The van der Waals surface area contributed by atoms with Crippen LogP contribution in [0.1, 0.15) is 40.0 Å². The van der Waals surface area contributed by atoms with Crippen LogP contribution in [0.25, 0.3) is 0 Å². The molecule has 0 fully saturated rings. The summed E-state index contributed by atoms with van der Waals surface area (Å²) in [7, 11) is 0. The number of carbonyl (C=O) groups is 1. The summed E-state index contributed by atoms with van der Waals surface area (Å²) in [5, 5.41) is 10.4. The van der Waals surface area contributed by atoms with Crippen molar-refractivity contribution >= 4 is 5.97 Å². The van der Waals surface area contributed by atoms with Gasteiger partial charge in [-0.1, -0.05) is 27.2 Å². The first-order valence-electron chi connectivity index (χ1n) is 4.28. The Hall–Kier alpha value is -0.530. The topological polar surface area (TPSA) is 37.0 Å². The van der Waals surface area contributed by atoms with Crippen LogP contribution >= 0.6 is 0 Å². The van der Waals surface area contributed by atoms with Crippen LogP contribution in [0.5, 0.6) is 0 Å². The monoisotopic (exact) mass is 157 g/mol. The van der Waals surface area contributed by atoms with Gasteiger partial charge in [0.2, 0.25) is 0 Å². The van der Waals surface area contributed by atoms with E-state index in [2.05, 4.69) is 13.8 Å². The zero-order chi connectivity index (χ0) is 8.85. The fourth-order valence-electron chi connectivity index (χ4n) is 1.02. The predicted molar refractivity (Wildman–Crippen MR) is 43.5 cm³/mol. The SMILES string of the molecule is CCC(CCC(C)C)C([O])=O. The summed E-state index contributed by atoms with van der Waals surface area (Å²) < 4.78 is 0. The van der Waals surface area contributed by atoms with Gasteiger partial charge in [-0.25, -0.2) is 9.90 Å². The summed E-state index contributed by atoms with van der Waals surface area (Å²) >= 11 is 0. The lowest BCUT2D eigenvalue weighted by atomic mass is 9.96. The van der Waals surface area contributed by atoms with E-state index in [9.17, 15) is 9.90 Å². The van der Waals surface area contributed by atoms with E-state index in [0.29, 0.717) is 12.3 Å². The Morgan fingerprint density at radius 2 is 1.82 bits per heavy atom. The molecule has 0 N–H and O–H groups in total. The highest BCUT2D eigenvalue weighted by molar-refractivity contribution is 5.69. The molecule has 2 nitrogen and oxygen atoms in total. The van der Waals surface area contributed by atoms with Crippen molar-refractivity contribution < 1.29 is 9.90 Å². The zero-order valence-electron chi connectivity index (χ0n) is 7.59. The molecule has 2 heteroatoms. The van der Waals surface area contributed by atoms with Gasteiger partial charge in [0.1, 0.15) is 0 Å². The normalized spacial score (nSPS) is 13.5. The van der Waals surface area contributed by atoms with E-state index in [1.165, 1.54) is 0 Å². The van der Waals surface area contributed by atoms with E-state index in [4.69, 9.17) is 0 Å². The van der Waals surface area contributed by atoms with Crippen molar-refractivity contribution in [3.8, 4) is 0 Å². The first-order valence-corrected chi connectivity index (χ1v) is 4.28. The number of hydrogen-bond donors (Lipinski definition) is 0. The van der Waals surface area contributed by atoms with Gasteiger partial charge in [-0.2, -0.15) is 0 Å². The Labute approximate surface area is 68.6 Å². The minimum Gasteiger partial charge on any atom is -0.247 e. The van der Waals surface area contributed by atoms with Gasteiger partial charge in [0.25, 0.3) is 0 Å². The molecule has 0 spiro atoms. The van der Waals surface area contributed by atoms with Gasteiger partial charge < -0.3 is 0 Å². The highest BCUT2D eigenvalue weighted by Crippen LogP contribution is 2.15. The van der Waals surface area contributed by atoms with Crippen LogP contribution in [0.3, 0.4) is 0 Å². The molecule has 0 amide bonds. The van der Waals surface area contributed by atoms with Gasteiger partial charge in [0.05, 0.1) is 5.92 Å². The second kappa shape index (κ2) is 5.16. The second-order valence-corrected chi connectivity index (χ2v) is 3.40. The molecule has 0 aliphatic carbocycles. The van der Waals surface area contributed by atoms with Gasteiger partial charge in [-0.3, -0.25) is 0 Å². The fraction of sp³-hybridized carbons (Fsp3) is 0.889. The third-order valence-electron chi connectivity index (χ3n) is 1.92. The largest absolute Gasteiger partial charge is 0.358 e. The number of hydrogen-bond acceptors (Lipinski definition) is 1. The molecule has 0 aromatic heterocycles. The Morgan fingerprint density at radius 1 is 1.27 bits per heavy atom. The molecule has 1 unspecified atom stereocenters. The summed E-state index contributed by atoms with van der Waals surface area (Å²) in [4.78, 5) is 10.4. The van der Waals surface area contributed by atoms with Crippen molar-refractivity contribution in [2.24, 2.45) is 11.8 Å². The second-order valence-electron chi connectivity index (χ2n) is 3.40. The summed E-state index contributed by atoms with van der Waals surface area (Å²) in [6.07, 6.45) is 2.43. The molecular weight excluding hydrogens is 140 g/mol. The van der Waals surface area contributed by atoms with E-state index in [0.717, 1.165) is 12.8 Å². The van der Waals surface area contributed by atoms with Gasteiger partial charge in [-0.15, -0.1) is 0 Å². The molecule has 0 aromatic rings. The molecule has 1 radical (unpaired) electrons. The molecule has 0 bridgehead atoms. The highest BCUT2D eigenvalue weighted by Gasteiger charge is 2.16. The standard InChI is InChI=1S/C9H17O2/c1-4-8(9(10)11)6-5-7(2)3/h7-8H,4-6H2,1-3H3. The molecule has 65 valence electrons. The molecule has 0 aliphatic rings. The third-order valence-corrected chi connectivity index (χ3v) is 1.92. The molecular formula is C9H17O2. The minimum absolute atomic E-state index is 0.239. The fourth-order valence-corrected chi connectivity index (χ4v) is 1.02. The van der Waals surface area contributed by atoms with Crippen molar-refractivity contribution in [2.75, 3.05) is 0 Å². The van der Waals surface area contributed by atoms with Crippen molar-refractivity contribution in [2.45, 2.75) is 40.0 Å². The van der Waals surface area contributed by atoms with Crippen LogP contribution in [0.2, 0.25) is 0 Å². The Balaban J connectivity index is 3.61. The Morgan fingerprint density at radius 3 is 2.09 bits per heavy atom. The molecule has 0 saturated heterocycles. The molecule has 0 heterocycles. The smallest absolute Gasteiger partial charge is 0.247 e. The summed E-state index contributed by atoms with van der Waals surface area (Å²) in [5.41, 5.74) is 0. The lowest BCUT2D eigenvalue weighted by Gasteiger charge is -2.09. The van der Waals surface area contributed by atoms with Gasteiger partial charge in [-0.05, 0) is 18.8 Å². The molecule has 0 aromatic carbocycles. The Kier molecular flexibility index (Phi) is 4.92. The minimum atomic E-state index is -0.895. The van der Waals surface area contributed by atoms with Crippen LogP contribution < -0.4 is 0 Å².